The Kier molecular flexibility index (Phi) is 4.92. The summed E-state index contributed by atoms with van der Waals surface area (Å²) in [5, 5.41) is 4.12. The summed E-state index contributed by atoms with van der Waals surface area (Å²) in [6.45, 7) is 2.69. The summed E-state index contributed by atoms with van der Waals surface area (Å²) in [7, 11) is 0. The molecule has 0 bridgehead atoms. The van der Waals surface area contributed by atoms with Gasteiger partial charge in [-0.15, -0.1) is 0 Å². The number of aromatic nitrogens is 2. The Balaban J connectivity index is 1.41. The minimum atomic E-state index is -0.208. The molecule has 158 valence electrons. The number of carbonyl (C=O) groups is 2. The van der Waals surface area contributed by atoms with Crippen molar-refractivity contribution in [1.82, 2.24) is 19.9 Å². The van der Waals surface area contributed by atoms with Crippen LogP contribution in [0.2, 0.25) is 0 Å². The molecule has 2 aliphatic carbocycles. The largest absolute Gasteiger partial charge is 0.493 e. The molecule has 8 nitrogen and oxygen atoms in total. The van der Waals surface area contributed by atoms with E-state index in [1.54, 1.807) is 4.90 Å². The van der Waals surface area contributed by atoms with Crippen LogP contribution in [0.4, 0.5) is 4.79 Å². The van der Waals surface area contributed by atoms with Crippen LogP contribution in [-0.4, -0.2) is 50.6 Å². The molecular formula is C22H26N4O4. The number of fused-ring (bicyclic) bond motifs is 1. The number of urea groups is 1. The zero-order chi connectivity index (χ0) is 20.7. The molecule has 2 saturated carbocycles. The van der Waals surface area contributed by atoms with Gasteiger partial charge in [-0.3, -0.25) is 9.69 Å². The average molecular weight is 410 g/mol. The van der Waals surface area contributed by atoms with E-state index in [4.69, 9.17) is 9.26 Å². The van der Waals surface area contributed by atoms with Crippen molar-refractivity contribution in [1.29, 1.82) is 0 Å². The van der Waals surface area contributed by atoms with Crippen LogP contribution in [0.1, 0.15) is 51.3 Å². The molecule has 2 atom stereocenters. The molecule has 3 aliphatic rings. The molecule has 3 fully saturated rings. The highest BCUT2D eigenvalue weighted by molar-refractivity contribution is 5.99. The molecule has 2 unspecified atom stereocenters. The second-order valence-electron chi connectivity index (χ2n) is 8.25. The summed E-state index contributed by atoms with van der Waals surface area (Å²) in [4.78, 5) is 34.0. The molecule has 2 aromatic rings. The second-order valence-corrected chi connectivity index (χ2v) is 8.25. The van der Waals surface area contributed by atoms with E-state index in [1.807, 2.05) is 31.2 Å². The summed E-state index contributed by atoms with van der Waals surface area (Å²) in [6.07, 6.45) is 5.55. The number of amides is 3. The first-order valence-electron chi connectivity index (χ1n) is 10.9. The number of para-hydroxylation sites is 1. The molecule has 1 aliphatic heterocycles. The number of nitrogens with zero attached hydrogens (tertiary/aromatic N) is 4. The maximum atomic E-state index is 13.2. The van der Waals surface area contributed by atoms with Crippen LogP contribution in [-0.2, 0) is 11.3 Å². The molecule has 1 aromatic heterocycles. The van der Waals surface area contributed by atoms with Crippen molar-refractivity contribution in [2.75, 3.05) is 6.61 Å². The maximum absolute atomic E-state index is 13.2. The topological polar surface area (TPSA) is 88.8 Å². The van der Waals surface area contributed by atoms with Crippen LogP contribution in [0, 0.1) is 5.92 Å². The van der Waals surface area contributed by atoms with Gasteiger partial charge in [0.15, 0.2) is 0 Å². The van der Waals surface area contributed by atoms with Crippen molar-refractivity contribution in [3.8, 4) is 17.1 Å². The van der Waals surface area contributed by atoms with Gasteiger partial charge in [-0.2, -0.15) is 4.98 Å². The standard InChI is InChI=1S/C22H26N4O4/c1-2-29-18-10-6-4-8-16(18)20-23-19(30-24-20)13-25-17-9-5-3-7-15(17)21(27)26(22(25)28)14-11-12-14/h4,6,8,10,14-15,17H,2-3,5,7,9,11-13H2,1H3. The number of hydrogen-bond donors (Lipinski definition) is 0. The van der Waals surface area contributed by atoms with E-state index in [-0.39, 0.29) is 36.5 Å². The molecule has 1 aromatic carbocycles. The Morgan fingerprint density at radius 2 is 1.93 bits per heavy atom. The summed E-state index contributed by atoms with van der Waals surface area (Å²) in [5.41, 5.74) is 0.754. The highest BCUT2D eigenvalue weighted by atomic mass is 16.5. The van der Waals surface area contributed by atoms with Crippen LogP contribution in [0.5, 0.6) is 5.75 Å². The van der Waals surface area contributed by atoms with Crippen molar-refractivity contribution in [3.63, 3.8) is 0 Å². The van der Waals surface area contributed by atoms with Crippen LogP contribution in [0.3, 0.4) is 0 Å². The number of hydrogen-bond acceptors (Lipinski definition) is 6. The second kappa shape index (κ2) is 7.74. The predicted octanol–water partition coefficient (Wildman–Crippen LogP) is 3.62. The van der Waals surface area contributed by atoms with E-state index in [1.165, 1.54) is 4.90 Å². The molecule has 0 N–H and O–H groups in total. The molecule has 3 amide bonds. The summed E-state index contributed by atoms with van der Waals surface area (Å²) in [5.74, 6) is 1.41. The predicted molar refractivity (Wildman–Crippen MR) is 107 cm³/mol. The number of ether oxygens (including phenoxy) is 1. The zero-order valence-electron chi connectivity index (χ0n) is 17.1. The lowest BCUT2D eigenvalue weighted by atomic mass is 9.81. The molecule has 0 radical (unpaired) electrons. The Labute approximate surface area is 175 Å². The van der Waals surface area contributed by atoms with Gasteiger partial charge in [0.25, 0.3) is 0 Å². The molecule has 2 heterocycles. The van der Waals surface area contributed by atoms with Crippen LogP contribution < -0.4 is 4.74 Å². The van der Waals surface area contributed by atoms with E-state index in [0.717, 1.165) is 44.1 Å². The van der Waals surface area contributed by atoms with E-state index in [2.05, 4.69) is 10.1 Å². The smallest absolute Gasteiger partial charge is 0.327 e. The van der Waals surface area contributed by atoms with Gasteiger partial charge in [0, 0.05) is 12.1 Å². The fourth-order valence-electron chi connectivity index (χ4n) is 4.69. The molecule has 8 heteroatoms. The van der Waals surface area contributed by atoms with Crippen molar-refractivity contribution in [2.45, 2.75) is 64.1 Å². The van der Waals surface area contributed by atoms with Gasteiger partial charge in [0.1, 0.15) is 12.3 Å². The number of benzene rings is 1. The molecule has 1 saturated heterocycles. The van der Waals surface area contributed by atoms with Gasteiger partial charge in [0.2, 0.25) is 17.6 Å². The zero-order valence-corrected chi connectivity index (χ0v) is 17.1. The first kappa shape index (κ1) is 19.1. The fourth-order valence-corrected chi connectivity index (χ4v) is 4.69. The minimum Gasteiger partial charge on any atom is -0.493 e. The molecule has 5 rings (SSSR count). The van der Waals surface area contributed by atoms with Gasteiger partial charge in [-0.25, -0.2) is 4.79 Å². The number of imide groups is 1. The molecule has 0 spiro atoms. The fraction of sp³-hybridized carbons (Fsp3) is 0.545. The minimum absolute atomic E-state index is 0.0142. The lowest BCUT2D eigenvalue weighted by Gasteiger charge is -2.46. The summed E-state index contributed by atoms with van der Waals surface area (Å²) >= 11 is 0. The van der Waals surface area contributed by atoms with Crippen molar-refractivity contribution in [3.05, 3.63) is 30.2 Å². The van der Waals surface area contributed by atoms with Crippen LogP contribution in [0.25, 0.3) is 11.4 Å². The third kappa shape index (κ3) is 3.34. The summed E-state index contributed by atoms with van der Waals surface area (Å²) in [6, 6.07) is 7.32. The van der Waals surface area contributed by atoms with E-state index < -0.39 is 0 Å². The molecular weight excluding hydrogens is 384 g/mol. The van der Waals surface area contributed by atoms with Gasteiger partial charge in [-0.05, 0) is 44.7 Å². The van der Waals surface area contributed by atoms with Crippen LogP contribution in [0.15, 0.2) is 28.8 Å². The van der Waals surface area contributed by atoms with E-state index in [0.29, 0.717) is 24.1 Å². The monoisotopic (exact) mass is 410 g/mol. The molecule has 30 heavy (non-hydrogen) atoms. The Bertz CT molecular complexity index is 954. The first-order chi connectivity index (χ1) is 14.7. The highest BCUT2D eigenvalue weighted by Crippen LogP contribution is 2.40. The van der Waals surface area contributed by atoms with E-state index in [9.17, 15) is 9.59 Å². The quantitative estimate of drug-likeness (QED) is 0.723. The SMILES string of the molecule is CCOc1ccccc1-c1noc(CN2C(=O)N(C3CC3)C(=O)C3CCCCC32)n1. The van der Waals surface area contributed by atoms with Gasteiger partial charge in [-0.1, -0.05) is 30.1 Å². The van der Waals surface area contributed by atoms with Crippen LogP contribution >= 0.6 is 0 Å². The third-order valence-corrected chi connectivity index (χ3v) is 6.25. The van der Waals surface area contributed by atoms with Gasteiger partial charge < -0.3 is 14.2 Å². The van der Waals surface area contributed by atoms with Crippen molar-refractivity contribution >= 4 is 11.9 Å². The van der Waals surface area contributed by atoms with Gasteiger partial charge in [0.05, 0.1) is 18.1 Å². The normalized spacial score (nSPS) is 24.2. The Morgan fingerprint density at radius 3 is 2.73 bits per heavy atom. The third-order valence-electron chi connectivity index (χ3n) is 6.25. The lowest BCUT2D eigenvalue weighted by molar-refractivity contribution is -0.141. The highest BCUT2D eigenvalue weighted by Gasteiger charge is 2.51. The van der Waals surface area contributed by atoms with Crippen molar-refractivity contribution < 1.29 is 18.8 Å². The lowest BCUT2D eigenvalue weighted by Crippen LogP contribution is -2.62. The Hall–Kier alpha value is -2.90. The average Bonchev–Trinajstić information content (AvgIpc) is 3.49. The first-order valence-corrected chi connectivity index (χ1v) is 10.9. The summed E-state index contributed by atoms with van der Waals surface area (Å²) < 4.78 is 11.2. The van der Waals surface area contributed by atoms with E-state index >= 15 is 0 Å². The Morgan fingerprint density at radius 1 is 1.13 bits per heavy atom. The number of carbonyl (C=O) groups excluding carboxylic acids is 2. The van der Waals surface area contributed by atoms with Crippen molar-refractivity contribution in [2.24, 2.45) is 5.92 Å². The van der Waals surface area contributed by atoms with Gasteiger partial charge >= 0.3 is 6.03 Å². The number of rotatable bonds is 6. The maximum Gasteiger partial charge on any atom is 0.327 e.